The van der Waals surface area contributed by atoms with Gasteiger partial charge in [0, 0.05) is 36.0 Å². The largest absolute Gasteiger partial charge is 0.269 e. The van der Waals surface area contributed by atoms with Crippen LogP contribution in [0.3, 0.4) is 0 Å². The summed E-state index contributed by atoms with van der Waals surface area (Å²) in [4.78, 5) is 4.71. The summed E-state index contributed by atoms with van der Waals surface area (Å²) in [6, 6.07) is 3.83. The summed E-state index contributed by atoms with van der Waals surface area (Å²) >= 11 is 0. The summed E-state index contributed by atoms with van der Waals surface area (Å²) in [7, 11) is 0. The van der Waals surface area contributed by atoms with Crippen LogP contribution < -0.4 is 0 Å². The van der Waals surface area contributed by atoms with E-state index in [1.807, 2.05) is 34.5 Å². The lowest BCUT2D eigenvalue weighted by Gasteiger charge is -2.11. The minimum absolute atomic E-state index is 0.107. The molecule has 0 radical (unpaired) electrons. The number of hydrogen-bond acceptors (Lipinski definition) is 4. The Hall–Kier alpha value is -3.09. The van der Waals surface area contributed by atoms with Crippen LogP contribution in [-0.4, -0.2) is 29.4 Å². The van der Waals surface area contributed by atoms with Crippen LogP contribution in [0.25, 0.3) is 16.8 Å². The first-order valence-corrected chi connectivity index (χ1v) is 10.6. The maximum atomic E-state index is 14.5. The van der Waals surface area contributed by atoms with Crippen LogP contribution in [0.1, 0.15) is 54.5 Å². The SMILES string of the molecule is Cc1nn(C(C)C)cc1-c1cnc(CCc2c(F)ccc3c2CCC3)n2cnnc12. The van der Waals surface area contributed by atoms with Crippen molar-refractivity contribution >= 4 is 5.65 Å². The van der Waals surface area contributed by atoms with Gasteiger partial charge in [-0.3, -0.25) is 9.08 Å². The van der Waals surface area contributed by atoms with Gasteiger partial charge in [0.15, 0.2) is 5.65 Å². The molecule has 0 spiro atoms. The molecule has 1 aliphatic carbocycles. The average molecular weight is 404 g/mol. The summed E-state index contributed by atoms with van der Waals surface area (Å²) in [5.74, 6) is 0.728. The van der Waals surface area contributed by atoms with Gasteiger partial charge in [-0.15, -0.1) is 10.2 Å². The Labute approximate surface area is 174 Å². The molecule has 0 unspecified atom stereocenters. The van der Waals surface area contributed by atoms with Crippen molar-refractivity contribution in [1.82, 2.24) is 29.4 Å². The number of nitrogens with zero attached hydrogens (tertiary/aromatic N) is 6. The number of aryl methyl sites for hydroxylation is 3. The second-order valence-electron chi connectivity index (χ2n) is 8.33. The van der Waals surface area contributed by atoms with Crippen molar-refractivity contribution in [1.29, 1.82) is 0 Å². The summed E-state index contributed by atoms with van der Waals surface area (Å²) in [6.07, 6.45) is 9.96. The number of halogens is 1. The Balaban J connectivity index is 1.49. The fourth-order valence-electron chi connectivity index (χ4n) is 4.47. The Kier molecular flexibility index (Phi) is 4.60. The Morgan fingerprint density at radius 2 is 2.00 bits per heavy atom. The van der Waals surface area contributed by atoms with Crippen LogP contribution in [0.2, 0.25) is 0 Å². The van der Waals surface area contributed by atoms with Gasteiger partial charge in [-0.25, -0.2) is 9.37 Å². The van der Waals surface area contributed by atoms with Crippen molar-refractivity contribution in [2.24, 2.45) is 0 Å². The Morgan fingerprint density at radius 1 is 1.13 bits per heavy atom. The molecule has 5 rings (SSSR count). The van der Waals surface area contributed by atoms with Crippen LogP contribution in [0.4, 0.5) is 4.39 Å². The molecule has 154 valence electrons. The highest BCUT2D eigenvalue weighted by Crippen LogP contribution is 2.30. The molecule has 0 saturated heterocycles. The zero-order chi connectivity index (χ0) is 20.8. The molecule has 7 heteroatoms. The molecule has 30 heavy (non-hydrogen) atoms. The molecule has 3 heterocycles. The first kappa shape index (κ1) is 18.9. The summed E-state index contributed by atoms with van der Waals surface area (Å²) < 4.78 is 18.4. The minimum atomic E-state index is -0.107. The molecular formula is C23H25FN6. The number of aromatic nitrogens is 6. The van der Waals surface area contributed by atoms with E-state index in [9.17, 15) is 4.39 Å². The predicted molar refractivity (Wildman–Crippen MR) is 113 cm³/mol. The fourth-order valence-corrected chi connectivity index (χ4v) is 4.47. The van der Waals surface area contributed by atoms with Gasteiger partial charge in [-0.2, -0.15) is 5.10 Å². The number of rotatable bonds is 5. The lowest BCUT2D eigenvalue weighted by Crippen LogP contribution is -2.06. The van der Waals surface area contributed by atoms with Crippen molar-refractivity contribution in [2.75, 3.05) is 0 Å². The monoisotopic (exact) mass is 404 g/mol. The van der Waals surface area contributed by atoms with E-state index in [1.165, 1.54) is 11.1 Å². The van der Waals surface area contributed by atoms with Gasteiger partial charge >= 0.3 is 0 Å². The minimum Gasteiger partial charge on any atom is -0.269 e. The predicted octanol–water partition coefficient (Wildman–Crippen LogP) is 4.29. The summed E-state index contributed by atoms with van der Waals surface area (Å²) in [5, 5.41) is 13.1. The topological polar surface area (TPSA) is 60.9 Å². The van der Waals surface area contributed by atoms with Crippen LogP contribution in [0.15, 0.2) is 30.9 Å². The first-order chi connectivity index (χ1) is 14.5. The smallest absolute Gasteiger partial charge is 0.171 e. The van der Waals surface area contributed by atoms with Crippen LogP contribution in [-0.2, 0) is 25.7 Å². The van der Waals surface area contributed by atoms with E-state index >= 15 is 0 Å². The van der Waals surface area contributed by atoms with Crippen LogP contribution in [0.5, 0.6) is 0 Å². The van der Waals surface area contributed by atoms with E-state index < -0.39 is 0 Å². The standard InChI is InChI=1S/C23H25FN6/c1-14(2)30-12-20(15(3)28-30)19-11-25-22(29-13-26-27-23(19)29)10-8-18-17-6-4-5-16(17)7-9-21(18)24/h7,9,11-14H,4-6,8,10H2,1-3H3. The summed E-state index contributed by atoms with van der Waals surface area (Å²) in [5.41, 5.74) is 6.94. The van der Waals surface area contributed by atoms with Gasteiger partial charge < -0.3 is 0 Å². The van der Waals surface area contributed by atoms with Gasteiger partial charge in [-0.1, -0.05) is 6.07 Å². The molecule has 0 aliphatic heterocycles. The molecule has 0 bridgehead atoms. The van der Waals surface area contributed by atoms with E-state index in [2.05, 4.69) is 29.1 Å². The first-order valence-electron chi connectivity index (χ1n) is 10.6. The molecule has 6 nitrogen and oxygen atoms in total. The van der Waals surface area contributed by atoms with Crippen molar-refractivity contribution < 1.29 is 4.39 Å². The molecule has 1 aromatic carbocycles. The van der Waals surface area contributed by atoms with Crippen LogP contribution in [0, 0.1) is 12.7 Å². The number of fused-ring (bicyclic) bond motifs is 2. The average Bonchev–Trinajstić information content (AvgIpc) is 3.46. The lowest BCUT2D eigenvalue weighted by molar-refractivity contribution is 0.529. The van der Waals surface area contributed by atoms with E-state index in [-0.39, 0.29) is 11.9 Å². The zero-order valence-electron chi connectivity index (χ0n) is 17.6. The Bertz CT molecular complexity index is 1240. The quantitative estimate of drug-likeness (QED) is 0.498. The number of hydrogen-bond donors (Lipinski definition) is 0. The highest BCUT2D eigenvalue weighted by atomic mass is 19.1. The molecule has 0 fully saturated rings. The van der Waals surface area contributed by atoms with E-state index in [0.29, 0.717) is 12.8 Å². The molecule has 0 N–H and O–H groups in total. The molecule has 4 aromatic rings. The number of benzene rings is 1. The third-order valence-electron chi connectivity index (χ3n) is 6.09. The normalized spacial score (nSPS) is 13.5. The van der Waals surface area contributed by atoms with E-state index in [1.54, 1.807) is 12.4 Å². The third-order valence-corrected chi connectivity index (χ3v) is 6.09. The molecule has 3 aromatic heterocycles. The molecule has 1 aliphatic rings. The third kappa shape index (κ3) is 3.09. The van der Waals surface area contributed by atoms with Crippen molar-refractivity contribution in [3.05, 3.63) is 64.9 Å². The van der Waals surface area contributed by atoms with Crippen molar-refractivity contribution in [3.63, 3.8) is 0 Å². The van der Waals surface area contributed by atoms with Gasteiger partial charge in [0.05, 0.1) is 5.69 Å². The van der Waals surface area contributed by atoms with E-state index in [4.69, 9.17) is 4.98 Å². The van der Waals surface area contributed by atoms with Crippen LogP contribution >= 0.6 is 0 Å². The molecule has 0 amide bonds. The fraction of sp³-hybridized carbons (Fsp3) is 0.391. The zero-order valence-corrected chi connectivity index (χ0v) is 17.6. The molecule has 0 atom stereocenters. The summed E-state index contributed by atoms with van der Waals surface area (Å²) in [6.45, 7) is 6.20. The molecular weight excluding hydrogens is 379 g/mol. The Morgan fingerprint density at radius 3 is 2.80 bits per heavy atom. The van der Waals surface area contributed by atoms with Gasteiger partial charge in [0.2, 0.25) is 0 Å². The van der Waals surface area contributed by atoms with Gasteiger partial charge in [0.1, 0.15) is 18.0 Å². The maximum absolute atomic E-state index is 14.5. The lowest BCUT2D eigenvalue weighted by atomic mass is 9.98. The highest BCUT2D eigenvalue weighted by Gasteiger charge is 2.20. The van der Waals surface area contributed by atoms with Crippen molar-refractivity contribution in [3.8, 4) is 11.1 Å². The van der Waals surface area contributed by atoms with Crippen molar-refractivity contribution in [2.45, 2.75) is 58.9 Å². The second-order valence-corrected chi connectivity index (χ2v) is 8.33. The van der Waals surface area contributed by atoms with E-state index in [0.717, 1.165) is 53.1 Å². The highest BCUT2D eigenvalue weighted by molar-refractivity contribution is 5.77. The molecule has 0 saturated carbocycles. The maximum Gasteiger partial charge on any atom is 0.171 e. The van der Waals surface area contributed by atoms with Gasteiger partial charge in [-0.05, 0) is 69.2 Å². The van der Waals surface area contributed by atoms with Gasteiger partial charge in [0.25, 0.3) is 0 Å². The second kappa shape index (κ2) is 7.31.